The van der Waals surface area contributed by atoms with Crippen molar-refractivity contribution in [1.29, 1.82) is 0 Å². The number of phenolic OH excluding ortho intramolecular Hbond substituents is 1. The lowest BCUT2D eigenvalue weighted by molar-refractivity contribution is -0.137. The number of benzene rings is 2. The highest BCUT2D eigenvalue weighted by molar-refractivity contribution is 5.84. The number of para-hydroxylation sites is 1. The van der Waals surface area contributed by atoms with E-state index in [1.54, 1.807) is 32.0 Å². The van der Waals surface area contributed by atoms with Crippen molar-refractivity contribution in [3.63, 3.8) is 0 Å². The number of alkyl halides is 3. The summed E-state index contributed by atoms with van der Waals surface area (Å²) in [6.07, 6.45) is -5.79. The smallest absolute Gasteiger partial charge is 0.407 e. The minimum Gasteiger partial charge on any atom is -0.507 e. The molecule has 1 aliphatic heterocycles. The summed E-state index contributed by atoms with van der Waals surface area (Å²) in [5, 5.41) is 17.8. The number of halogens is 3. The van der Waals surface area contributed by atoms with Crippen LogP contribution in [0.3, 0.4) is 0 Å². The number of aromatic hydroxyl groups is 1. The Morgan fingerprint density at radius 2 is 2.00 bits per heavy atom. The Morgan fingerprint density at radius 1 is 1.26 bits per heavy atom. The lowest BCUT2D eigenvalue weighted by atomic mass is 9.89. The van der Waals surface area contributed by atoms with Gasteiger partial charge in [-0.25, -0.2) is 4.85 Å². The molecule has 1 N–H and O–H groups in total. The third-order valence-electron chi connectivity index (χ3n) is 5.42. The molecule has 0 spiro atoms. The number of aromatic nitrogens is 2. The highest BCUT2D eigenvalue weighted by atomic mass is 19.4. The number of nitrogens with zero attached hydrogens (tertiary/aromatic N) is 4. The lowest BCUT2D eigenvalue weighted by Gasteiger charge is -2.24. The fraction of sp³-hybridized carbons (Fsp3) is 0.304. The molecular weight excluding hydrogens is 453 g/mol. The van der Waals surface area contributed by atoms with Crippen LogP contribution in [0.15, 0.2) is 46.9 Å². The van der Waals surface area contributed by atoms with Crippen molar-refractivity contribution >= 4 is 11.6 Å². The maximum atomic E-state index is 13.3. The number of hydrogen-bond acceptors (Lipinski definition) is 6. The van der Waals surface area contributed by atoms with Crippen LogP contribution < -0.4 is 4.74 Å². The molecule has 2 heterocycles. The van der Waals surface area contributed by atoms with Gasteiger partial charge in [0.15, 0.2) is 11.8 Å². The molecule has 1 saturated heterocycles. The zero-order valence-corrected chi connectivity index (χ0v) is 18.1. The van der Waals surface area contributed by atoms with Crippen molar-refractivity contribution < 1.29 is 32.2 Å². The second kappa shape index (κ2) is 8.37. The van der Waals surface area contributed by atoms with E-state index >= 15 is 0 Å². The van der Waals surface area contributed by atoms with E-state index in [1.165, 1.54) is 17.0 Å². The number of amides is 1. The Morgan fingerprint density at radius 3 is 2.68 bits per heavy atom. The van der Waals surface area contributed by atoms with Gasteiger partial charge in [0.05, 0.1) is 24.2 Å². The number of phenols is 1. The molecule has 4 rings (SSSR count). The molecule has 1 unspecified atom stereocenters. The first-order valence-corrected chi connectivity index (χ1v) is 10.1. The van der Waals surface area contributed by atoms with Crippen LogP contribution in [0.4, 0.5) is 18.9 Å². The Bertz CT molecular complexity index is 1280. The summed E-state index contributed by atoms with van der Waals surface area (Å²) in [6, 6.07) is 9.42. The van der Waals surface area contributed by atoms with Gasteiger partial charge >= 0.3 is 6.18 Å². The zero-order valence-electron chi connectivity index (χ0n) is 18.1. The monoisotopic (exact) mass is 472 g/mol. The third kappa shape index (κ3) is 4.39. The topological polar surface area (TPSA) is 93.0 Å². The zero-order chi connectivity index (χ0) is 24.7. The number of hydrogen-bond donors (Lipinski definition) is 1. The highest BCUT2D eigenvalue weighted by Gasteiger charge is 2.48. The van der Waals surface area contributed by atoms with E-state index in [9.17, 15) is 23.1 Å². The maximum absolute atomic E-state index is 13.3. The standard InChI is InChI=1S/C23H19F3N4O4/c1-22(2)12-30(11-18-28-29-20(34-18)14-6-4-5-7-17(14)31)21(32)19(22)33-13-8-9-16(27-3)15(10-13)23(24,25)26/h4-10,19,31H,11-12H2,1-2H3. The molecule has 1 aliphatic rings. The Balaban J connectivity index is 1.53. The lowest BCUT2D eigenvalue weighted by Crippen LogP contribution is -2.36. The van der Waals surface area contributed by atoms with Gasteiger partial charge in [-0.1, -0.05) is 32.0 Å². The van der Waals surface area contributed by atoms with Gasteiger partial charge in [-0.2, -0.15) is 13.2 Å². The summed E-state index contributed by atoms with van der Waals surface area (Å²) >= 11 is 0. The molecule has 8 nitrogen and oxygen atoms in total. The first-order chi connectivity index (χ1) is 16.0. The molecule has 176 valence electrons. The molecule has 2 aromatic carbocycles. The molecule has 0 radical (unpaired) electrons. The van der Waals surface area contributed by atoms with E-state index in [1.807, 2.05) is 0 Å². The second-order valence-corrected chi connectivity index (χ2v) is 8.49. The average Bonchev–Trinajstić information content (AvgIpc) is 3.31. The van der Waals surface area contributed by atoms with Crippen LogP contribution in [0.5, 0.6) is 11.5 Å². The van der Waals surface area contributed by atoms with Crippen molar-refractivity contribution in [2.24, 2.45) is 5.41 Å². The van der Waals surface area contributed by atoms with Gasteiger partial charge < -0.3 is 19.2 Å². The molecule has 0 bridgehead atoms. The molecule has 1 fully saturated rings. The second-order valence-electron chi connectivity index (χ2n) is 8.49. The Kier molecular flexibility index (Phi) is 5.69. The third-order valence-corrected chi connectivity index (χ3v) is 5.42. The van der Waals surface area contributed by atoms with E-state index in [4.69, 9.17) is 15.7 Å². The van der Waals surface area contributed by atoms with Crippen molar-refractivity contribution in [2.45, 2.75) is 32.7 Å². The molecule has 11 heteroatoms. The first-order valence-electron chi connectivity index (χ1n) is 10.1. The molecule has 3 aromatic rings. The van der Waals surface area contributed by atoms with Crippen LogP contribution in [0.2, 0.25) is 0 Å². The van der Waals surface area contributed by atoms with E-state index < -0.39 is 34.9 Å². The van der Waals surface area contributed by atoms with Crippen molar-refractivity contribution in [3.05, 3.63) is 65.3 Å². The summed E-state index contributed by atoms with van der Waals surface area (Å²) in [6.45, 7) is 10.7. The van der Waals surface area contributed by atoms with Gasteiger partial charge in [0, 0.05) is 12.0 Å². The largest absolute Gasteiger partial charge is 0.507 e. The SMILES string of the molecule is [C-]#[N+]c1ccc(OC2C(=O)N(Cc3nnc(-c4ccccc4O)o3)CC2(C)C)cc1C(F)(F)F. The number of ether oxygens (including phenoxy) is 1. The molecule has 1 aromatic heterocycles. The summed E-state index contributed by atoms with van der Waals surface area (Å²) < 4.78 is 51.2. The summed E-state index contributed by atoms with van der Waals surface area (Å²) in [5.74, 6) is -0.426. The van der Waals surface area contributed by atoms with Crippen LogP contribution in [0.1, 0.15) is 25.3 Å². The van der Waals surface area contributed by atoms with E-state index in [-0.39, 0.29) is 36.4 Å². The van der Waals surface area contributed by atoms with Gasteiger partial charge in [0.1, 0.15) is 11.5 Å². The summed E-state index contributed by atoms with van der Waals surface area (Å²) in [7, 11) is 0. The van der Waals surface area contributed by atoms with Crippen LogP contribution >= 0.6 is 0 Å². The van der Waals surface area contributed by atoms with E-state index in [2.05, 4.69) is 15.0 Å². The van der Waals surface area contributed by atoms with Gasteiger partial charge in [0.2, 0.25) is 5.89 Å². The number of likely N-dealkylation sites (tertiary alicyclic amines) is 1. The minimum atomic E-state index is -4.73. The minimum absolute atomic E-state index is 0.0345. The first kappa shape index (κ1) is 23.1. The Labute approximate surface area is 192 Å². The molecule has 0 aliphatic carbocycles. The molecule has 1 amide bonds. The van der Waals surface area contributed by atoms with Crippen LogP contribution in [0.25, 0.3) is 16.3 Å². The summed E-state index contributed by atoms with van der Waals surface area (Å²) in [4.78, 5) is 17.4. The van der Waals surface area contributed by atoms with E-state index in [0.717, 1.165) is 12.1 Å². The Hall–Kier alpha value is -4.07. The van der Waals surface area contributed by atoms with Crippen LogP contribution in [-0.2, 0) is 17.5 Å². The average molecular weight is 472 g/mol. The molecular formula is C23H19F3N4O4. The predicted octanol–water partition coefficient (Wildman–Crippen LogP) is 4.83. The van der Waals surface area contributed by atoms with Gasteiger partial charge in [-0.3, -0.25) is 4.79 Å². The van der Waals surface area contributed by atoms with Crippen molar-refractivity contribution in [2.75, 3.05) is 6.54 Å². The van der Waals surface area contributed by atoms with Crippen LogP contribution in [0, 0.1) is 12.0 Å². The van der Waals surface area contributed by atoms with Crippen molar-refractivity contribution in [1.82, 2.24) is 15.1 Å². The maximum Gasteiger partial charge on any atom is 0.407 e. The normalized spacial score (nSPS) is 17.6. The predicted molar refractivity (Wildman–Crippen MR) is 113 cm³/mol. The van der Waals surface area contributed by atoms with Gasteiger partial charge in [-0.15, -0.1) is 10.2 Å². The van der Waals surface area contributed by atoms with E-state index in [0.29, 0.717) is 5.56 Å². The number of rotatable bonds is 5. The van der Waals surface area contributed by atoms with Crippen molar-refractivity contribution in [3.8, 4) is 23.0 Å². The van der Waals surface area contributed by atoms with Gasteiger partial charge in [0.25, 0.3) is 11.8 Å². The highest BCUT2D eigenvalue weighted by Crippen LogP contribution is 2.40. The fourth-order valence-corrected chi connectivity index (χ4v) is 3.79. The molecule has 34 heavy (non-hydrogen) atoms. The summed E-state index contributed by atoms with van der Waals surface area (Å²) in [5.41, 5.74) is -2.06. The molecule has 0 saturated carbocycles. The molecule has 1 atom stereocenters. The quantitative estimate of drug-likeness (QED) is 0.535. The fourth-order valence-electron chi connectivity index (χ4n) is 3.79. The van der Waals surface area contributed by atoms with Crippen LogP contribution in [-0.4, -0.2) is 38.8 Å². The van der Waals surface area contributed by atoms with Gasteiger partial charge in [-0.05, 0) is 24.3 Å². The number of carbonyl (C=O) groups excluding carboxylic acids is 1. The number of carbonyl (C=O) groups is 1.